The number of methoxy groups -OCH3 is 1. The maximum atomic E-state index is 6.57. The molecule has 0 bridgehead atoms. The third kappa shape index (κ3) is 3.54. The number of nitrogens with zero attached hydrogens (tertiary/aromatic N) is 3. The van der Waals surface area contributed by atoms with E-state index in [9.17, 15) is 0 Å². The van der Waals surface area contributed by atoms with Crippen molar-refractivity contribution in [3.8, 4) is 34.3 Å². The Morgan fingerprint density at radius 3 is 2.42 bits per heavy atom. The number of fused-ring (bicyclic) bond motifs is 5. The minimum atomic E-state index is 0.674. The summed E-state index contributed by atoms with van der Waals surface area (Å²) in [6.45, 7) is 2.22. The molecule has 2 aromatic heterocycles. The summed E-state index contributed by atoms with van der Waals surface area (Å²) in [6, 6.07) is 31.0. The van der Waals surface area contributed by atoms with Gasteiger partial charge in [-0.05, 0) is 53.1 Å². The summed E-state index contributed by atoms with van der Waals surface area (Å²) < 4.78 is 14.1. The van der Waals surface area contributed by atoms with Gasteiger partial charge in [0.1, 0.15) is 17.2 Å². The van der Waals surface area contributed by atoms with E-state index in [2.05, 4.69) is 67.6 Å². The zero-order chi connectivity index (χ0) is 25.6. The lowest BCUT2D eigenvalue weighted by atomic mass is 9.90. The van der Waals surface area contributed by atoms with Crippen LogP contribution in [0.5, 0.6) is 17.4 Å². The molecule has 0 saturated heterocycles. The summed E-state index contributed by atoms with van der Waals surface area (Å²) in [5.41, 5.74) is 7.41. The lowest BCUT2D eigenvalue weighted by Crippen LogP contribution is -2.10. The first kappa shape index (κ1) is 22.5. The molecule has 1 aliphatic rings. The molecule has 5 heteroatoms. The number of aryl methyl sites for hydroxylation is 1. The average molecular weight is 498 g/mol. The van der Waals surface area contributed by atoms with Gasteiger partial charge in [0, 0.05) is 23.1 Å². The second-order valence-corrected chi connectivity index (χ2v) is 9.69. The average Bonchev–Trinajstić information content (AvgIpc) is 3.36. The number of hydrogen-bond acceptors (Lipinski definition) is 4. The predicted molar refractivity (Wildman–Crippen MR) is 152 cm³/mol. The van der Waals surface area contributed by atoms with Crippen molar-refractivity contribution in [2.75, 3.05) is 7.11 Å². The van der Waals surface area contributed by atoms with Gasteiger partial charge in [-0.15, -0.1) is 0 Å². The fraction of sp³-hybridized carbons (Fsp3) is 0.152. The van der Waals surface area contributed by atoms with E-state index in [-0.39, 0.29) is 0 Å². The molecule has 3 heterocycles. The van der Waals surface area contributed by atoms with Crippen molar-refractivity contribution in [3.05, 3.63) is 108 Å². The molecular formula is C33H27N3O2. The molecule has 0 unspecified atom stereocenters. The summed E-state index contributed by atoms with van der Waals surface area (Å²) in [4.78, 5) is 5.15. The van der Waals surface area contributed by atoms with Gasteiger partial charge < -0.3 is 9.47 Å². The SMILES string of the molecule is CCCc1c2c(nc3c1c(-c1ccccc1)nn3-c1ccccc1)Oc1ccc3ccc(OC)cc3c1C2. The molecule has 0 amide bonds. The zero-order valence-electron chi connectivity index (χ0n) is 21.4. The van der Waals surface area contributed by atoms with Crippen LogP contribution >= 0.6 is 0 Å². The Morgan fingerprint density at radius 2 is 1.66 bits per heavy atom. The minimum absolute atomic E-state index is 0.674. The maximum Gasteiger partial charge on any atom is 0.225 e. The molecule has 38 heavy (non-hydrogen) atoms. The minimum Gasteiger partial charge on any atom is -0.497 e. The summed E-state index contributed by atoms with van der Waals surface area (Å²) in [7, 11) is 1.71. The third-order valence-electron chi connectivity index (χ3n) is 7.40. The Kier molecular flexibility index (Phi) is 5.36. The first-order valence-electron chi connectivity index (χ1n) is 13.1. The summed E-state index contributed by atoms with van der Waals surface area (Å²) in [6.07, 6.45) is 2.67. The molecule has 186 valence electrons. The van der Waals surface area contributed by atoms with Gasteiger partial charge >= 0.3 is 0 Å². The van der Waals surface area contributed by atoms with Crippen molar-refractivity contribution in [1.29, 1.82) is 0 Å². The standard InChI is InChI=1S/C33H27N3O2/c1-3-10-25-28-20-27-26-19-24(37-2)17-15-21(26)16-18-29(27)38-33(28)34-32-30(25)31(22-11-6-4-7-12-22)35-36(32)23-13-8-5-9-14-23/h4-9,11-19H,3,10,20H2,1-2H3. The van der Waals surface area contributed by atoms with Crippen LogP contribution in [0.15, 0.2) is 91.0 Å². The van der Waals surface area contributed by atoms with E-state index in [0.717, 1.165) is 69.7 Å². The van der Waals surface area contributed by atoms with Crippen molar-refractivity contribution in [2.45, 2.75) is 26.2 Å². The highest BCUT2D eigenvalue weighted by molar-refractivity contribution is 5.97. The summed E-state index contributed by atoms with van der Waals surface area (Å²) in [5, 5.41) is 8.57. The Labute approximate surface area is 221 Å². The largest absolute Gasteiger partial charge is 0.497 e. The Bertz CT molecular complexity index is 1810. The smallest absolute Gasteiger partial charge is 0.225 e. The van der Waals surface area contributed by atoms with Gasteiger partial charge in [-0.3, -0.25) is 0 Å². The van der Waals surface area contributed by atoms with Gasteiger partial charge in [0.25, 0.3) is 0 Å². The van der Waals surface area contributed by atoms with Gasteiger partial charge in [0.2, 0.25) is 5.88 Å². The van der Waals surface area contributed by atoms with Gasteiger partial charge in [-0.25, -0.2) is 4.68 Å². The van der Waals surface area contributed by atoms with Crippen molar-refractivity contribution in [3.63, 3.8) is 0 Å². The molecule has 0 radical (unpaired) electrons. The molecule has 0 saturated carbocycles. The zero-order valence-corrected chi connectivity index (χ0v) is 21.4. The van der Waals surface area contributed by atoms with Gasteiger partial charge in [0.15, 0.2) is 5.65 Å². The highest BCUT2D eigenvalue weighted by Crippen LogP contribution is 2.45. The number of aromatic nitrogens is 3. The summed E-state index contributed by atoms with van der Waals surface area (Å²) >= 11 is 0. The summed E-state index contributed by atoms with van der Waals surface area (Å²) in [5.74, 6) is 2.36. The number of rotatable bonds is 5. The topological polar surface area (TPSA) is 49.2 Å². The van der Waals surface area contributed by atoms with E-state index in [0.29, 0.717) is 5.88 Å². The highest BCUT2D eigenvalue weighted by atomic mass is 16.5. The van der Waals surface area contributed by atoms with Crippen LogP contribution in [0.1, 0.15) is 30.0 Å². The van der Waals surface area contributed by atoms with E-state index < -0.39 is 0 Å². The Hall–Kier alpha value is -4.64. The molecule has 0 atom stereocenters. The lowest BCUT2D eigenvalue weighted by molar-refractivity contribution is 0.415. The fourth-order valence-corrected chi connectivity index (χ4v) is 5.60. The number of ether oxygens (including phenoxy) is 2. The molecule has 5 nitrogen and oxygen atoms in total. The van der Waals surface area contributed by atoms with Crippen molar-refractivity contribution < 1.29 is 9.47 Å². The lowest BCUT2D eigenvalue weighted by Gasteiger charge is -2.24. The first-order valence-corrected chi connectivity index (χ1v) is 13.1. The van der Waals surface area contributed by atoms with Crippen LogP contribution in [0.25, 0.3) is 38.8 Å². The third-order valence-corrected chi connectivity index (χ3v) is 7.40. The van der Waals surface area contributed by atoms with Crippen LogP contribution in [-0.4, -0.2) is 21.9 Å². The van der Waals surface area contributed by atoms with E-state index in [1.807, 2.05) is 35.0 Å². The van der Waals surface area contributed by atoms with E-state index in [4.69, 9.17) is 19.6 Å². The monoisotopic (exact) mass is 497 g/mol. The van der Waals surface area contributed by atoms with E-state index in [1.165, 1.54) is 16.5 Å². The van der Waals surface area contributed by atoms with Crippen molar-refractivity contribution in [1.82, 2.24) is 14.8 Å². The fourth-order valence-electron chi connectivity index (χ4n) is 5.60. The molecule has 7 rings (SSSR count). The first-order chi connectivity index (χ1) is 18.7. The van der Waals surface area contributed by atoms with Crippen LogP contribution in [0.2, 0.25) is 0 Å². The number of pyridine rings is 1. The van der Waals surface area contributed by atoms with Gasteiger partial charge in [0.05, 0.1) is 18.2 Å². The van der Waals surface area contributed by atoms with Gasteiger partial charge in [-0.1, -0.05) is 74.0 Å². The van der Waals surface area contributed by atoms with E-state index in [1.54, 1.807) is 7.11 Å². The van der Waals surface area contributed by atoms with Crippen molar-refractivity contribution >= 4 is 21.8 Å². The maximum absolute atomic E-state index is 6.57. The van der Waals surface area contributed by atoms with E-state index >= 15 is 0 Å². The predicted octanol–water partition coefficient (Wildman–Crippen LogP) is 7.90. The molecule has 0 spiro atoms. The van der Waals surface area contributed by atoms with Crippen molar-refractivity contribution in [2.24, 2.45) is 0 Å². The van der Waals surface area contributed by atoms with Crippen LogP contribution in [0, 0.1) is 0 Å². The van der Waals surface area contributed by atoms with Crippen LogP contribution in [0.3, 0.4) is 0 Å². The van der Waals surface area contributed by atoms with Crippen LogP contribution in [-0.2, 0) is 12.8 Å². The molecule has 4 aromatic carbocycles. The quantitative estimate of drug-likeness (QED) is 0.243. The number of benzene rings is 4. The van der Waals surface area contributed by atoms with Crippen LogP contribution in [0.4, 0.5) is 0 Å². The highest BCUT2D eigenvalue weighted by Gasteiger charge is 2.28. The molecule has 0 aliphatic carbocycles. The molecule has 6 aromatic rings. The second kappa shape index (κ2) is 9.03. The molecule has 1 aliphatic heterocycles. The molecular weight excluding hydrogens is 470 g/mol. The molecule has 0 fully saturated rings. The van der Waals surface area contributed by atoms with Gasteiger partial charge in [-0.2, -0.15) is 10.1 Å². The van der Waals surface area contributed by atoms with Crippen LogP contribution < -0.4 is 9.47 Å². The number of para-hydroxylation sites is 1. The second-order valence-electron chi connectivity index (χ2n) is 9.69. The molecule has 0 N–H and O–H groups in total. The Balaban J connectivity index is 1.52. The Morgan fingerprint density at radius 1 is 0.895 bits per heavy atom. The number of hydrogen-bond donors (Lipinski definition) is 0. The normalized spacial score (nSPS) is 12.3.